The average molecular weight is 1860 g/mol. The SMILES string of the molecule is c1ccc(-c2cc(-c3ccc(-c4ccc5c(c4)-c4ccccc4C54c5ccccc5Oc5ccccc54)cc3)nc(-c3ccccc3)n2)cc1.c1ccc(-c2nc(-c3ccc(-c4ccc5c(c4)-c4ccccc4C54c5ccccc5Oc5ccccc54)cc3)c3ccccc3n2)cc1.c1ccc(-c2nc(-c3ccc(-c4ccc5c(c4)-c4ccccc4C54c5ccccc5Oc5ccccc54)cc3)nc3ccccc23)cc1. The summed E-state index contributed by atoms with van der Waals surface area (Å²) in [5.41, 5.74) is 40.8. The first-order chi connectivity index (χ1) is 72.3. The molecule has 3 aliphatic carbocycles. The Kier molecular flexibility index (Phi) is 20.1. The molecule has 0 N–H and O–H groups in total. The molecule has 682 valence electrons. The van der Waals surface area contributed by atoms with Gasteiger partial charge >= 0.3 is 0 Å². The fourth-order valence-electron chi connectivity index (χ4n) is 23.7. The van der Waals surface area contributed by atoms with E-state index in [2.05, 4.69) is 443 Å². The van der Waals surface area contributed by atoms with Crippen LogP contribution in [-0.2, 0) is 16.2 Å². The van der Waals surface area contributed by atoms with Gasteiger partial charge in [0.05, 0.1) is 50.1 Å². The molecule has 3 aromatic heterocycles. The molecule has 0 saturated carbocycles. The van der Waals surface area contributed by atoms with E-state index in [-0.39, 0.29) is 0 Å². The molecule has 0 atom stereocenters. The third-order valence-corrected chi connectivity index (χ3v) is 30.1. The molecule has 146 heavy (non-hydrogen) atoms. The summed E-state index contributed by atoms with van der Waals surface area (Å²) in [5, 5.41) is 2.09. The number of rotatable bonds is 10. The molecular weight excluding hydrogens is 1780 g/mol. The van der Waals surface area contributed by atoms with Crippen LogP contribution in [0.4, 0.5) is 0 Å². The molecule has 0 amide bonds. The smallest absolute Gasteiger partial charge is 0.160 e. The summed E-state index contributed by atoms with van der Waals surface area (Å²) >= 11 is 0. The number of hydrogen-bond donors (Lipinski definition) is 0. The lowest BCUT2D eigenvalue weighted by Gasteiger charge is -2.39. The van der Waals surface area contributed by atoms with Crippen molar-refractivity contribution in [2.75, 3.05) is 0 Å². The zero-order valence-electron chi connectivity index (χ0n) is 79.1. The third-order valence-electron chi connectivity index (χ3n) is 30.1. The summed E-state index contributed by atoms with van der Waals surface area (Å²) in [5.74, 6) is 7.62. The van der Waals surface area contributed by atoms with Crippen LogP contribution in [0.1, 0.15) is 66.8 Å². The number of fused-ring (bicyclic) bond motifs is 29. The molecule has 0 radical (unpaired) electrons. The first-order valence-electron chi connectivity index (χ1n) is 49.7. The van der Waals surface area contributed by atoms with Crippen molar-refractivity contribution >= 4 is 21.8 Å². The topological polar surface area (TPSA) is 105 Å². The zero-order chi connectivity index (χ0) is 96.4. The van der Waals surface area contributed by atoms with E-state index in [0.29, 0.717) is 5.82 Å². The maximum atomic E-state index is 6.49. The minimum atomic E-state index is -0.459. The lowest BCUT2D eigenvalue weighted by molar-refractivity contribution is 0.436. The quantitative estimate of drug-likeness (QED) is 0.132. The average Bonchev–Trinajstić information content (AvgIpc) is 1.52. The van der Waals surface area contributed by atoms with E-state index in [4.69, 9.17) is 44.1 Å². The molecule has 3 spiro atoms. The van der Waals surface area contributed by atoms with Crippen LogP contribution in [0.2, 0.25) is 0 Å². The first kappa shape index (κ1) is 84.8. The van der Waals surface area contributed by atoms with Gasteiger partial charge in [0.2, 0.25) is 0 Å². The van der Waals surface area contributed by atoms with Crippen LogP contribution in [0.25, 0.3) is 168 Å². The second-order valence-electron chi connectivity index (χ2n) is 37.9. The maximum absolute atomic E-state index is 6.49. The van der Waals surface area contributed by atoms with Gasteiger partial charge in [-0.2, -0.15) is 0 Å². The van der Waals surface area contributed by atoms with Crippen LogP contribution >= 0.6 is 0 Å². The summed E-state index contributed by atoms with van der Waals surface area (Å²) < 4.78 is 19.5. The normalized spacial score (nSPS) is 13.3. The molecule has 9 nitrogen and oxygen atoms in total. The summed E-state index contributed by atoms with van der Waals surface area (Å²) in [4.78, 5) is 30.0. The highest BCUT2D eigenvalue weighted by Crippen LogP contribution is 2.67. The van der Waals surface area contributed by atoms with E-state index < -0.39 is 16.2 Å². The van der Waals surface area contributed by atoms with Crippen LogP contribution in [0.5, 0.6) is 34.5 Å². The van der Waals surface area contributed by atoms with Crippen molar-refractivity contribution in [3.05, 3.63) is 588 Å². The van der Waals surface area contributed by atoms with Gasteiger partial charge in [-0.15, -0.1) is 0 Å². The molecule has 0 saturated heterocycles. The monoisotopic (exact) mass is 1860 g/mol. The van der Waals surface area contributed by atoms with Gasteiger partial charge in [0.25, 0.3) is 0 Å². The highest BCUT2D eigenvalue weighted by atomic mass is 16.5. The second kappa shape index (κ2) is 34.6. The predicted molar refractivity (Wildman–Crippen MR) is 588 cm³/mol. The Hall–Kier alpha value is -19.2. The first-order valence-corrected chi connectivity index (χ1v) is 49.7. The Morgan fingerprint density at radius 3 is 0.692 bits per heavy atom. The van der Waals surface area contributed by atoms with Crippen molar-refractivity contribution in [2.45, 2.75) is 16.2 Å². The number of benzene rings is 21. The second-order valence-corrected chi connectivity index (χ2v) is 37.9. The van der Waals surface area contributed by atoms with Crippen molar-refractivity contribution in [1.29, 1.82) is 0 Å². The van der Waals surface area contributed by atoms with Gasteiger partial charge < -0.3 is 14.2 Å². The highest BCUT2D eigenvalue weighted by molar-refractivity contribution is 5.99. The van der Waals surface area contributed by atoms with Gasteiger partial charge in [0.15, 0.2) is 17.5 Å². The molecular formula is C137H86N6O3. The molecule has 6 aliphatic rings. The van der Waals surface area contributed by atoms with Crippen LogP contribution in [0, 0.1) is 0 Å². The van der Waals surface area contributed by atoms with Gasteiger partial charge in [-0.25, -0.2) is 29.9 Å². The minimum Gasteiger partial charge on any atom is -0.457 e. The number of hydrogen-bond acceptors (Lipinski definition) is 9. The Balaban J connectivity index is 0.000000106. The predicted octanol–water partition coefficient (Wildman–Crippen LogP) is 33.8. The molecule has 21 aromatic carbocycles. The summed E-state index contributed by atoms with van der Waals surface area (Å²) in [6.45, 7) is 0. The van der Waals surface area contributed by atoms with Crippen LogP contribution in [0.3, 0.4) is 0 Å². The Bertz CT molecular complexity index is 9140. The molecule has 6 heterocycles. The van der Waals surface area contributed by atoms with Crippen molar-refractivity contribution in [2.24, 2.45) is 0 Å². The number of para-hydroxylation sites is 8. The molecule has 0 fully saturated rings. The van der Waals surface area contributed by atoms with E-state index in [0.717, 1.165) is 146 Å². The molecule has 30 rings (SSSR count). The fraction of sp³-hybridized carbons (Fsp3) is 0.0219. The number of nitrogens with zero attached hydrogens (tertiary/aromatic N) is 6. The van der Waals surface area contributed by atoms with E-state index in [1.165, 1.54) is 117 Å². The molecule has 9 heteroatoms. The number of ether oxygens (including phenoxy) is 3. The fourth-order valence-corrected chi connectivity index (χ4v) is 23.7. The highest BCUT2D eigenvalue weighted by Gasteiger charge is 2.55. The maximum Gasteiger partial charge on any atom is 0.160 e. The number of aromatic nitrogens is 6. The standard InChI is InChI=1S/C47H30N2O.2C45H28N2O/c1-3-13-32(14-4-1)42-30-43(49-46(48-42)34-15-5-2-6-16-34)33-25-23-31(24-26-33)35-27-28-39-37(29-35)36-17-7-8-18-38(36)47(39)40-19-9-11-21-44(40)50-45-22-12-10-20-41(45)47;1-2-12-31(13-3-1)44-46-40-19-9-5-15-34(40)43(47-44)30-24-22-29(23-25-30)32-26-27-37-35(28-32)33-14-4-6-16-36(33)45(37)38-17-7-10-20-41(38)48-42-21-11-8-18-39(42)45;1-2-12-30(13-3-1)43-34-15-5-9-19-40(34)46-44(47-43)31-24-22-29(23-25-31)32-26-27-37-35(28-32)33-14-4-6-16-36(33)45(37)38-17-7-10-20-41(38)48-42-21-11-8-18-39(42)45/h1-30H;2*1-28H. The van der Waals surface area contributed by atoms with E-state index in [9.17, 15) is 0 Å². The van der Waals surface area contributed by atoms with E-state index in [1.54, 1.807) is 0 Å². The van der Waals surface area contributed by atoms with Crippen molar-refractivity contribution in [1.82, 2.24) is 29.9 Å². The van der Waals surface area contributed by atoms with Crippen LogP contribution in [-0.4, -0.2) is 29.9 Å². The van der Waals surface area contributed by atoms with Crippen molar-refractivity contribution < 1.29 is 14.2 Å². The van der Waals surface area contributed by atoms with Crippen LogP contribution in [0.15, 0.2) is 522 Å². The van der Waals surface area contributed by atoms with Crippen LogP contribution < -0.4 is 14.2 Å². The Morgan fingerprint density at radius 2 is 0.356 bits per heavy atom. The molecule has 0 bridgehead atoms. The van der Waals surface area contributed by atoms with Gasteiger partial charge in [-0.05, 0) is 173 Å². The Morgan fingerprint density at radius 1 is 0.137 bits per heavy atom. The molecule has 24 aromatic rings. The van der Waals surface area contributed by atoms with Gasteiger partial charge in [0, 0.05) is 83.1 Å². The summed E-state index contributed by atoms with van der Waals surface area (Å²) in [6.07, 6.45) is 0. The summed E-state index contributed by atoms with van der Waals surface area (Å²) in [6, 6.07) is 184. The van der Waals surface area contributed by atoms with Gasteiger partial charge in [0.1, 0.15) is 34.5 Å². The van der Waals surface area contributed by atoms with E-state index in [1.807, 2.05) is 78.9 Å². The van der Waals surface area contributed by atoms with E-state index >= 15 is 0 Å². The minimum absolute atomic E-state index is 0.454. The zero-order valence-corrected chi connectivity index (χ0v) is 79.1. The Labute approximate surface area is 845 Å². The molecule has 3 aliphatic heterocycles. The lowest BCUT2D eigenvalue weighted by Crippen LogP contribution is -2.32. The third kappa shape index (κ3) is 13.6. The van der Waals surface area contributed by atoms with Gasteiger partial charge in [-0.1, -0.05) is 449 Å². The lowest BCUT2D eigenvalue weighted by atomic mass is 9.66. The molecule has 0 unspecified atom stereocenters. The summed E-state index contributed by atoms with van der Waals surface area (Å²) in [7, 11) is 0. The largest absolute Gasteiger partial charge is 0.457 e. The van der Waals surface area contributed by atoms with Crippen molar-refractivity contribution in [3.63, 3.8) is 0 Å². The van der Waals surface area contributed by atoms with Gasteiger partial charge in [-0.3, -0.25) is 0 Å². The van der Waals surface area contributed by atoms with Crippen molar-refractivity contribution in [3.8, 4) is 180 Å².